The number of H-pyrrole nitrogens is 2. The van der Waals surface area contributed by atoms with Gasteiger partial charge in [-0.3, -0.25) is 24.8 Å². The highest BCUT2D eigenvalue weighted by Crippen LogP contribution is 2.30. The van der Waals surface area contributed by atoms with Crippen molar-refractivity contribution in [1.29, 1.82) is 0 Å². The van der Waals surface area contributed by atoms with E-state index in [4.69, 9.17) is 4.98 Å². The van der Waals surface area contributed by atoms with Gasteiger partial charge < -0.3 is 19.8 Å². The highest BCUT2D eigenvalue weighted by molar-refractivity contribution is 5.96. The molecule has 3 N–H and O–H groups in total. The fourth-order valence-corrected chi connectivity index (χ4v) is 4.16. The monoisotopic (exact) mass is 493 g/mol. The van der Waals surface area contributed by atoms with Crippen LogP contribution < -0.4 is 5.32 Å². The van der Waals surface area contributed by atoms with E-state index in [9.17, 15) is 4.79 Å². The number of carbonyl (C=O) groups excluding carboxylic acids is 1. The van der Waals surface area contributed by atoms with Gasteiger partial charge in [0.1, 0.15) is 11.2 Å². The molecule has 6 aromatic heterocycles. The number of hydrogen-bond donors (Lipinski definition) is 3. The molecule has 6 aromatic rings. The van der Waals surface area contributed by atoms with Crippen molar-refractivity contribution >= 4 is 33.5 Å². The number of rotatable bonds is 6. The van der Waals surface area contributed by atoms with Crippen LogP contribution in [0.4, 0.5) is 5.69 Å². The van der Waals surface area contributed by atoms with Gasteiger partial charge in [0.05, 0.1) is 71.5 Å². The summed E-state index contributed by atoms with van der Waals surface area (Å²) in [6.45, 7) is 2.21. The number of nitrogens with one attached hydrogen (secondary N) is 3. The van der Waals surface area contributed by atoms with Crippen molar-refractivity contribution < 1.29 is 4.79 Å². The molecule has 0 bridgehead atoms. The topological polar surface area (TPSA) is 146 Å². The lowest BCUT2D eigenvalue weighted by Crippen LogP contribution is -2.27. The van der Waals surface area contributed by atoms with E-state index in [0.717, 1.165) is 38.9 Å². The van der Waals surface area contributed by atoms with E-state index >= 15 is 0 Å². The van der Waals surface area contributed by atoms with Gasteiger partial charge in [0.25, 0.3) is 0 Å². The molecule has 0 unspecified atom stereocenters. The van der Waals surface area contributed by atoms with E-state index in [2.05, 4.69) is 40.4 Å². The maximum absolute atomic E-state index is 12.2. The van der Waals surface area contributed by atoms with Crippen LogP contribution in [0.5, 0.6) is 0 Å². The Bertz CT molecular complexity index is 1760. The third-order valence-corrected chi connectivity index (χ3v) is 5.81. The third-order valence-electron chi connectivity index (χ3n) is 5.81. The molecule has 37 heavy (non-hydrogen) atoms. The maximum Gasteiger partial charge on any atom is 0.238 e. The summed E-state index contributed by atoms with van der Waals surface area (Å²) in [5.41, 5.74) is 6.77. The molecule has 0 atom stereocenters. The molecular weight excluding hydrogens is 470 g/mol. The van der Waals surface area contributed by atoms with Crippen LogP contribution in [-0.2, 0) is 4.79 Å². The number of carbonyl (C=O) groups is 1. The van der Waals surface area contributed by atoms with Crippen LogP contribution in [0.15, 0.2) is 55.6 Å². The molecule has 0 aliphatic carbocycles. The average molecular weight is 494 g/mol. The number of fused-ring (bicyclic) bond motifs is 2. The molecule has 0 saturated carbocycles. The summed E-state index contributed by atoms with van der Waals surface area (Å²) in [5, 5.41) is 11.3. The molecule has 1 amide bonds. The summed E-state index contributed by atoms with van der Waals surface area (Å²) >= 11 is 0. The van der Waals surface area contributed by atoms with Crippen LogP contribution in [0.1, 0.15) is 5.69 Å². The Hall–Kier alpha value is -4.97. The summed E-state index contributed by atoms with van der Waals surface area (Å²) in [6, 6.07) is 3.78. The Balaban J connectivity index is 1.38. The summed E-state index contributed by atoms with van der Waals surface area (Å²) in [6.07, 6.45) is 12.2. The van der Waals surface area contributed by atoms with Gasteiger partial charge in [0, 0.05) is 23.3 Å². The lowest BCUT2D eigenvalue weighted by atomic mass is 10.1. The van der Waals surface area contributed by atoms with Crippen LogP contribution in [0, 0.1) is 6.92 Å². The van der Waals surface area contributed by atoms with E-state index in [1.54, 1.807) is 42.2 Å². The van der Waals surface area contributed by atoms with Crippen LogP contribution in [0.3, 0.4) is 0 Å². The molecule has 0 aromatic carbocycles. The Morgan fingerprint density at radius 3 is 2.73 bits per heavy atom. The number of pyridine rings is 3. The number of aryl methyl sites for hydroxylation is 1. The fourth-order valence-electron chi connectivity index (χ4n) is 4.16. The first-order chi connectivity index (χ1) is 17.9. The van der Waals surface area contributed by atoms with E-state index < -0.39 is 0 Å². The molecule has 0 saturated heterocycles. The second-order valence-corrected chi connectivity index (χ2v) is 9.00. The van der Waals surface area contributed by atoms with Crippen LogP contribution >= 0.6 is 0 Å². The molecule has 184 valence electrons. The van der Waals surface area contributed by atoms with Crippen molar-refractivity contribution in [2.45, 2.75) is 6.92 Å². The van der Waals surface area contributed by atoms with Gasteiger partial charge in [0.2, 0.25) is 5.91 Å². The zero-order chi connectivity index (χ0) is 25.5. The lowest BCUT2D eigenvalue weighted by Gasteiger charge is -2.10. The predicted octanol–water partition coefficient (Wildman–Crippen LogP) is 2.95. The van der Waals surface area contributed by atoms with Crippen LogP contribution in [0.2, 0.25) is 0 Å². The van der Waals surface area contributed by atoms with Gasteiger partial charge in [-0.1, -0.05) is 0 Å². The number of anilines is 1. The molecule has 0 spiro atoms. The van der Waals surface area contributed by atoms with E-state index in [-0.39, 0.29) is 12.5 Å². The number of amides is 1. The third kappa shape index (κ3) is 4.29. The van der Waals surface area contributed by atoms with Gasteiger partial charge >= 0.3 is 0 Å². The summed E-state index contributed by atoms with van der Waals surface area (Å²) < 4.78 is 1.90. The van der Waals surface area contributed by atoms with Gasteiger partial charge in [-0.25, -0.2) is 9.97 Å². The number of imidazole rings is 2. The molecule has 0 fully saturated rings. The molecular formula is C25H23N11O. The van der Waals surface area contributed by atoms with Crippen molar-refractivity contribution in [1.82, 2.24) is 49.6 Å². The Morgan fingerprint density at radius 2 is 1.92 bits per heavy atom. The molecule has 0 aliphatic heterocycles. The second-order valence-electron chi connectivity index (χ2n) is 9.00. The summed E-state index contributed by atoms with van der Waals surface area (Å²) in [4.78, 5) is 39.7. The SMILES string of the molecule is Cc1cn(-c2cncc3[nH]c(-c4n[nH]c5cnc(-c6cncc(NC(=O)CN(C)C)c6)cc45)nc23)cn1. The van der Waals surface area contributed by atoms with Gasteiger partial charge in [-0.15, -0.1) is 0 Å². The van der Waals surface area contributed by atoms with E-state index in [1.165, 1.54) is 0 Å². The summed E-state index contributed by atoms with van der Waals surface area (Å²) in [7, 11) is 3.68. The first kappa shape index (κ1) is 22.5. The Kier molecular flexibility index (Phi) is 5.42. The number of likely N-dealkylation sites (N-methyl/N-ethyl adjacent to an activating group) is 1. The largest absolute Gasteiger partial charge is 0.335 e. The van der Waals surface area contributed by atoms with Crippen molar-refractivity contribution in [2.24, 2.45) is 0 Å². The van der Waals surface area contributed by atoms with E-state index in [0.29, 0.717) is 22.9 Å². The smallest absolute Gasteiger partial charge is 0.238 e. The van der Waals surface area contributed by atoms with Gasteiger partial charge in [-0.2, -0.15) is 5.10 Å². The average Bonchev–Trinajstić information content (AvgIpc) is 3.60. The fraction of sp³-hybridized carbons (Fsp3) is 0.160. The minimum absolute atomic E-state index is 0.117. The highest BCUT2D eigenvalue weighted by Gasteiger charge is 2.17. The summed E-state index contributed by atoms with van der Waals surface area (Å²) in [5.74, 6) is 0.487. The number of nitrogens with zero attached hydrogens (tertiary/aromatic N) is 8. The molecule has 0 aliphatic rings. The highest BCUT2D eigenvalue weighted by atomic mass is 16.2. The van der Waals surface area contributed by atoms with Crippen molar-refractivity contribution in [3.05, 3.63) is 61.3 Å². The van der Waals surface area contributed by atoms with Gasteiger partial charge in [-0.05, 0) is 33.2 Å². The maximum atomic E-state index is 12.2. The van der Waals surface area contributed by atoms with Gasteiger partial charge in [0.15, 0.2) is 5.82 Å². The molecule has 6 heterocycles. The zero-order valence-electron chi connectivity index (χ0n) is 20.4. The number of aromatic amines is 2. The van der Waals surface area contributed by atoms with Crippen molar-refractivity contribution in [3.63, 3.8) is 0 Å². The molecule has 0 radical (unpaired) electrons. The second kappa shape index (κ2) is 8.91. The normalized spacial score (nSPS) is 11.6. The number of hydrogen-bond acceptors (Lipinski definition) is 8. The molecule has 12 heteroatoms. The van der Waals surface area contributed by atoms with Crippen LogP contribution in [0.25, 0.3) is 50.4 Å². The lowest BCUT2D eigenvalue weighted by molar-refractivity contribution is -0.116. The Morgan fingerprint density at radius 1 is 1.05 bits per heavy atom. The molecule has 6 rings (SSSR count). The predicted molar refractivity (Wildman–Crippen MR) is 139 cm³/mol. The van der Waals surface area contributed by atoms with Crippen molar-refractivity contribution in [3.8, 4) is 28.5 Å². The van der Waals surface area contributed by atoms with Crippen molar-refractivity contribution in [2.75, 3.05) is 26.0 Å². The quantitative estimate of drug-likeness (QED) is 0.321. The number of aromatic nitrogens is 9. The standard InChI is InChI=1S/C25H23N11O/c1-14-11-36(13-29-14)21-10-27-8-20-24(21)32-25(31-20)23-17-5-18(28-9-19(17)33-34-23)15-4-16(7-26-6-15)30-22(37)12-35(2)3/h4-11,13H,12H2,1-3H3,(H,30,37)(H,31,32)(H,33,34). The zero-order valence-corrected chi connectivity index (χ0v) is 20.4. The minimum atomic E-state index is -0.117. The first-order valence-electron chi connectivity index (χ1n) is 11.5. The van der Waals surface area contributed by atoms with Crippen LogP contribution in [-0.4, -0.2) is 76.1 Å². The minimum Gasteiger partial charge on any atom is -0.335 e. The molecule has 12 nitrogen and oxygen atoms in total. The Labute approximate surface area is 210 Å². The van der Waals surface area contributed by atoms with E-state index in [1.807, 2.05) is 43.9 Å². The first-order valence-corrected chi connectivity index (χ1v) is 11.5.